The molecule has 1 fully saturated rings. The van der Waals surface area contributed by atoms with Crippen LogP contribution in [-0.4, -0.2) is 58.0 Å². The molecule has 0 saturated carbocycles. The minimum absolute atomic E-state index is 0.119. The average Bonchev–Trinajstić information content (AvgIpc) is 3.35. The molecule has 4 rings (SSSR count). The van der Waals surface area contributed by atoms with Crippen molar-refractivity contribution in [2.75, 3.05) is 20.3 Å². The molecule has 42 heavy (non-hydrogen) atoms. The zero-order chi connectivity index (χ0) is 30.3. The van der Waals surface area contributed by atoms with Gasteiger partial charge in [-0.3, -0.25) is 42.7 Å². The highest BCUT2D eigenvalue weighted by atomic mass is 31.2. The Balaban J connectivity index is 1.29. The quantitative estimate of drug-likeness (QED) is 0.173. The van der Waals surface area contributed by atoms with E-state index in [-0.39, 0.29) is 19.6 Å². The molecule has 4 atom stereocenters. The monoisotopic (exact) mass is 602 g/mol. The molecule has 226 valence electrons. The second-order valence-electron chi connectivity index (χ2n) is 9.98. The van der Waals surface area contributed by atoms with Crippen molar-refractivity contribution in [2.45, 2.75) is 64.9 Å². The molecule has 4 unspecified atom stereocenters. The molecule has 4 heterocycles. The summed E-state index contributed by atoms with van der Waals surface area (Å²) in [5, 5.41) is 0. The highest BCUT2D eigenvalue weighted by molar-refractivity contribution is 7.48. The maximum Gasteiger partial charge on any atom is 0.474 e. The van der Waals surface area contributed by atoms with Gasteiger partial charge in [-0.1, -0.05) is 0 Å². The van der Waals surface area contributed by atoms with Crippen LogP contribution in [0.5, 0.6) is 0 Å². The number of esters is 1. The number of nitrogens with zero attached hydrogens (tertiary/aromatic N) is 3. The van der Waals surface area contributed by atoms with Crippen LogP contribution >= 0.6 is 7.82 Å². The van der Waals surface area contributed by atoms with Gasteiger partial charge in [0.15, 0.2) is 0 Å². The van der Waals surface area contributed by atoms with Gasteiger partial charge in [-0.25, -0.2) is 9.36 Å². The fraction of sp³-hybridized carbons (Fsp3) is 0.464. The summed E-state index contributed by atoms with van der Waals surface area (Å²) in [6.07, 6.45) is 4.60. The Kier molecular flexibility index (Phi) is 10.6. The van der Waals surface area contributed by atoms with Crippen molar-refractivity contribution in [3.8, 4) is 11.4 Å². The second kappa shape index (κ2) is 14.1. The fourth-order valence-electron chi connectivity index (χ4n) is 4.52. The number of aromatic nitrogens is 4. The van der Waals surface area contributed by atoms with Crippen molar-refractivity contribution in [2.24, 2.45) is 0 Å². The van der Waals surface area contributed by atoms with Crippen LogP contribution in [0.15, 0.2) is 52.4 Å². The minimum Gasteiger partial charge on any atom is -0.460 e. The molecule has 0 spiro atoms. The first kappa shape index (κ1) is 31.5. The summed E-state index contributed by atoms with van der Waals surface area (Å²) in [7, 11) is -2.74. The van der Waals surface area contributed by atoms with Gasteiger partial charge in [0.2, 0.25) is 0 Å². The number of aryl methyl sites for hydroxylation is 3. The van der Waals surface area contributed by atoms with Crippen molar-refractivity contribution in [1.82, 2.24) is 19.5 Å². The molecule has 1 aliphatic rings. The molecule has 1 N–H and O–H groups in total. The number of phosphoric acid groups is 1. The van der Waals surface area contributed by atoms with Crippen molar-refractivity contribution in [3.05, 3.63) is 80.4 Å². The summed E-state index contributed by atoms with van der Waals surface area (Å²) in [5.74, 6) is -0.554. The van der Waals surface area contributed by atoms with E-state index in [0.717, 1.165) is 35.4 Å². The summed E-state index contributed by atoms with van der Waals surface area (Å²) in [4.78, 5) is 46.8. The lowest BCUT2D eigenvalue weighted by Gasteiger charge is -2.21. The zero-order valence-electron chi connectivity index (χ0n) is 24.0. The molecular weight excluding hydrogens is 567 g/mol. The number of rotatable bonds is 13. The lowest BCUT2D eigenvalue weighted by molar-refractivity contribution is -0.150. The Bertz CT molecular complexity index is 1560. The Morgan fingerprint density at radius 2 is 1.86 bits per heavy atom. The number of hydrogen-bond acceptors (Lipinski definition) is 11. The lowest BCUT2D eigenvalue weighted by Crippen LogP contribution is -2.33. The molecular formula is C28H35N4O9P. The minimum atomic E-state index is -3.95. The molecule has 1 aliphatic heterocycles. The van der Waals surface area contributed by atoms with E-state index in [1.165, 1.54) is 24.8 Å². The summed E-state index contributed by atoms with van der Waals surface area (Å²) < 4.78 is 41.6. The number of hydrogen-bond donors (Lipinski definition) is 1. The van der Waals surface area contributed by atoms with Gasteiger partial charge in [-0.2, -0.15) is 0 Å². The van der Waals surface area contributed by atoms with E-state index < -0.39 is 43.5 Å². The summed E-state index contributed by atoms with van der Waals surface area (Å²) in [6, 6.07) is 7.87. The van der Waals surface area contributed by atoms with E-state index in [0.29, 0.717) is 12.0 Å². The average molecular weight is 603 g/mol. The summed E-state index contributed by atoms with van der Waals surface area (Å²) >= 11 is 0. The molecule has 14 heteroatoms. The standard InChI is InChI=1S/C28H35N4O9P/c1-18-8-10-29-22(13-18)23-14-21(9-11-30-23)7-5-6-12-38-42(36,37-4)39-17-25-24(40-20(3)33)15-26(41-25)32-16-19(2)27(34)31-28(32)35/h8-11,13-14,16,24-26H,5-7,12,15,17H2,1-4H3,(H,31,34,35). The van der Waals surface area contributed by atoms with Gasteiger partial charge in [0.05, 0.1) is 24.6 Å². The van der Waals surface area contributed by atoms with E-state index in [2.05, 4.69) is 15.0 Å². The second-order valence-corrected chi connectivity index (χ2v) is 11.8. The predicted octanol–water partition coefficient (Wildman–Crippen LogP) is 3.64. The smallest absolute Gasteiger partial charge is 0.460 e. The van der Waals surface area contributed by atoms with Gasteiger partial charge in [0, 0.05) is 44.6 Å². The highest BCUT2D eigenvalue weighted by Gasteiger charge is 2.41. The SMILES string of the molecule is COP(=O)(OCCCCc1ccnc(-c2cc(C)ccn2)c1)OCC1OC(n2cc(C)c(=O)[nH]c2=O)CC1OC(C)=O. The largest absolute Gasteiger partial charge is 0.474 e. The van der Waals surface area contributed by atoms with Gasteiger partial charge in [0.25, 0.3) is 5.56 Å². The Hall–Kier alpha value is -3.48. The molecule has 0 bridgehead atoms. The summed E-state index contributed by atoms with van der Waals surface area (Å²) in [5.41, 5.74) is 2.95. The number of nitrogens with one attached hydrogen (secondary N) is 1. The molecule has 3 aromatic rings. The number of H-pyrrole nitrogens is 1. The van der Waals surface area contributed by atoms with E-state index >= 15 is 0 Å². The van der Waals surface area contributed by atoms with Crippen LogP contribution in [0.25, 0.3) is 11.4 Å². The normalized spacial score (nSPS) is 19.9. The van der Waals surface area contributed by atoms with Crippen LogP contribution in [0.3, 0.4) is 0 Å². The maximum absolute atomic E-state index is 13.1. The first-order chi connectivity index (χ1) is 20.1. The van der Waals surface area contributed by atoms with Gasteiger partial charge in [0.1, 0.15) is 18.4 Å². The van der Waals surface area contributed by atoms with Crippen LogP contribution in [-0.2, 0) is 38.8 Å². The Labute approximate surface area is 242 Å². The van der Waals surface area contributed by atoms with Crippen molar-refractivity contribution in [3.63, 3.8) is 0 Å². The van der Waals surface area contributed by atoms with Gasteiger partial charge < -0.3 is 9.47 Å². The molecule has 0 radical (unpaired) electrons. The van der Waals surface area contributed by atoms with E-state index in [9.17, 15) is 18.9 Å². The van der Waals surface area contributed by atoms with Gasteiger partial charge >= 0.3 is 19.5 Å². The lowest BCUT2D eigenvalue weighted by atomic mass is 10.1. The number of carbonyl (C=O) groups is 1. The first-order valence-electron chi connectivity index (χ1n) is 13.5. The van der Waals surface area contributed by atoms with Gasteiger partial charge in [-0.15, -0.1) is 0 Å². The third kappa shape index (κ3) is 8.30. The predicted molar refractivity (Wildman–Crippen MR) is 152 cm³/mol. The van der Waals surface area contributed by atoms with Crippen LogP contribution in [0, 0.1) is 13.8 Å². The number of unbranched alkanes of at least 4 members (excludes halogenated alkanes) is 1. The Morgan fingerprint density at radius 3 is 2.57 bits per heavy atom. The van der Waals surface area contributed by atoms with Crippen LogP contribution < -0.4 is 11.2 Å². The number of ether oxygens (including phenoxy) is 2. The fourth-order valence-corrected chi connectivity index (χ4v) is 5.49. The van der Waals surface area contributed by atoms with E-state index in [1.807, 2.05) is 31.2 Å². The van der Waals surface area contributed by atoms with E-state index in [1.54, 1.807) is 19.3 Å². The number of pyridine rings is 2. The molecule has 3 aromatic heterocycles. The summed E-state index contributed by atoms with van der Waals surface area (Å²) in [6.45, 7) is 4.64. The Morgan fingerprint density at radius 1 is 1.12 bits per heavy atom. The molecule has 1 saturated heterocycles. The number of phosphoric ester groups is 1. The maximum atomic E-state index is 13.1. The first-order valence-corrected chi connectivity index (χ1v) is 15.0. The third-order valence-corrected chi connectivity index (χ3v) is 8.10. The topological polar surface area (TPSA) is 161 Å². The van der Waals surface area contributed by atoms with Crippen LogP contribution in [0.1, 0.15) is 49.1 Å². The molecule has 0 amide bonds. The van der Waals surface area contributed by atoms with E-state index in [4.69, 9.17) is 23.0 Å². The van der Waals surface area contributed by atoms with Crippen molar-refractivity contribution < 1.29 is 32.4 Å². The van der Waals surface area contributed by atoms with Gasteiger partial charge in [-0.05, 0) is 68.5 Å². The zero-order valence-corrected chi connectivity index (χ0v) is 24.9. The van der Waals surface area contributed by atoms with Crippen molar-refractivity contribution in [1.29, 1.82) is 0 Å². The third-order valence-electron chi connectivity index (χ3n) is 6.69. The number of carbonyl (C=O) groups excluding carboxylic acids is 1. The molecule has 0 aliphatic carbocycles. The van der Waals surface area contributed by atoms with Crippen LogP contribution in [0.2, 0.25) is 0 Å². The molecule has 0 aromatic carbocycles. The molecule has 13 nitrogen and oxygen atoms in total. The van der Waals surface area contributed by atoms with Crippen molar-refractivity contribution >= 4 is 13.8 Å². The highest BCUT2D eigenvalue weighted by Crippen LogP contribution is 2.49. The number of aromatic amines is 1. The van der Waals surface area contributed by atoms with Crippen LogP contribution in [0.4, 0.5) is 0 Å².